The predicted molar refractivity (Wildman–Crippen MR) is 96.4 cm³/mol. The molecule has 0 radical (unpaired) electrons. The molecule has 1 atom stereocenters. The molecule has 1 aromatic rings. The fourth-order valence-electron chi connectivity index (χ4n) is 2.51. The lowest BCUT2D eigenvalue weighted by molar-refractivity contribution is -0.150. The Balaban J connectivity index is 1.70. The Morgan fingerprint density at radius 3 is 2.74 bits per heavy atom. The van der Waals surface area contributed by atoms with Gasteiger partial charge in [0.15, 0.2) is 0 Å². The molecule has 3 rings (SSSR count). The first kappa shape index (κ1) is 16.6. The Morgan fingerprint density at radius 2 is 2.13 bits per heavy atom. The highest BCUT2D eigenvalue weighted by atomic mass is 127. The number of amides is 1. The van der Waals surface area contributed by atoms with Crippen molar-refractivity contribution in [3.05, 3.63) is 41.1 Å². The Hall–Kier alpha value is -1.22. The van der Waals surface area contributed by atoms with E-state index in [0.717, 1.165) is 22.6 Å². The van der Waals surface area contributed by atoms with Gasteiger partial charge in [-0.15, -0.1) is 11.8 Å². The molecule has 1 saturated heterocycles. The zero-order chi connectivity index (χ0) is 16.4. The number of fused-ring (bicyclic) bond motifs is 1. The highest BCUT2D eigenvalue weighted by molar-refractivity contribution is 14.1. The molecule has 2 heterocycles. The summed E-state index contributed by atoms with van der Waals surface area (Å²) in [6.07, 6.45) is 0.508. The van der Waals surface area contributed by atoms with Crippen LogP contribution in [0, 0.1) is 0 Å². The van der Waals surface area contributed by atoms with Crippen molar-refractivity contribution in [2.75, 3.05) is 17.3 Å². The van der Waals surface area contributed by atoms with Crippen molar-refractivity contribution in [3.8, 4) is 5.75 Å². The van der Waals surface area contributed by atoms with Crippen molar-refractivity contribution in [2.24, 2.45) is 0 Å². The van der Waals surface area contributed by atoms with Crippen LogP contribution in [0.15, 0.2) is 35.5 Å². The topological polar surface area (TPSA) is 55.8 Å². The number of rotatable bonds is 5. The third-order valence-corrected chi connectivity index (χ3v) is 6.01. The molecular formula is C16H16INO4S. The highest BCUT2D eigenvalue weighted by Gasteiger charge is 2.45. The summed E-state index contributed by atoms with van der Waals surface area (Å²) >= 11 is 3.93. The quantitative estimate of drug-likeness (QED) is 0.302. The van der Waals surface area contributed by atoms with Crippen molar-refractivity contribution in [1.82, 2.24) is 4.90 Å². The minimum absolute atomic E-state index is 0.000877. The van der Waals surface area contributed by atoms with Crippen LogP contribution in [0.25, 0.3) is 0 Å². The lowest BCUT2D eigenvalue weighted by Crippen LogP contribution is -2.54. The average molecular weight is 445 g/mol. The molecule has 1 aromatic carbocycles. The van der Waals surface area contributed by atoms with Gasteiger partial charge in [-0.2, -0.15) is 0 Å². The number of carbonyl (C=O) groups is 2. The Bertz CT molecular complexity index is 659. The van der Waals surface area contributed by atoms with Gasteiger partial charge in [-0.25, -0.2) is 4.79 Å². The summed E-state index contributed by atoms with van der Waals surface area (Å²) in [7, 11) is 1.61. The number of thioether (sulfide) groups is 1. The van der Waals surface area contributed by atoms with Crippen LogP contribution in [0.2, 0.25) is 0 Å². The third-order valence-electron chi connectivity index (χ3n) is 3.82. The number of methoxy groups -OCH3 is 1. The molecule has 0 aromatic heterocycles. The number of alkyl halides is 1. The van der Waals surface area contributed by atoms with Gasteiger partial charge in [-0.3, -0.25) is 9.69 Å². The number of hydrogen-bond donors (Lipinski definition) is 0. The molecule has 1 fully saturated rings. The number of esters is 1. The lowest BCUT2D eigenvalue weighted by atomic mass is 10.1. The van der Waals surface area contributed by atoms with E-state index >= 15 is 0 Å². The van der Waals surface area contributed by atoms with E-state index in [1.165, 1.54) is 0 Å². The number of hydrogen-bond acceptors (Lipinski definition) is 5. The number of carbonyl (C=O) groups excluding carboxylic acids is 2. The minimum Gasteiger partial charge on any atom is -0.497 e. The third kappa shape index (κ3) is 3.35. The number of halogens is 1. The molecule has 0 N–H and O–H groups in total. The van der Waals surface area contributed by atoms with Gasteiger partial charge in [0.2, 0.25) is 5.91 Å². The van der Waals surface area contributed by atoms with Gasteiger partial charge in [0.25, 0.3) is 0 Å². The van der Waals surface area contributed by atoms with Crippen LogP contribution in [0.3, 0.4) is 0 Å². The van der Waals surface area contributed by atoms with Crippen molar-refractivity contribution < 1.29 is 19.1 Å². The molecule has 2 aliphatic heterocycles. The second-order valence-corrected chi connectivity index (χ2v) is 7.17. The Labute approximate surface area is 152 Å². The van der Waals surface area contributed by atoms with E-state index in [-0.39, 0.29) is 17.9 Å². The summed E-state index contributed by atoms with van der Waals surface area (Å²) in [4.78, 5) is 25.9. The Kier molecular flexibility index (Phi) is 5.15. The maximum absolute atomic E-state index is 12.5. The molecule has 0 saturated carbocycles. The van der Waals surface area contributed by atoms with Gasteiger partial charge in [0.05, 0.1) is 18.9 Å². The predicted octanol–water partition coefficient (Wildman–Crippen LogP) is 2.73. The largest absolute Gasteiger partial charge is 0.497 e. The monoisotopic (exact) mass is 445 g/mol. The molecule has 0 bridgehead atoms. The Morgan fingerprint density at radius 1 is 1.39 bits per heavy atom. The molecule has 23 heavy (non-hydrogen) atoms. The first-order valence-corrected chi connectivity index (χ1v) is 9.73. The molecule has 7 heteroatoms. The van der Waals surface area contributed by atoms with Crippen molar-refractivity contribution in [1.29, 1.82) is 0 Å². The van der Waals surface area contributed by atoms with E-state index in [9.17, 15) is 9.59 Å². The first-order chi connectivity index (χ1) is 11.1. The smallest absolute Gasteiger partial charge is 0.355 e. The highest BCUT2D eigenvalue weighted by Crippen LogP contribution is 2.40. The van der Waals surface area contributed by atoms with Crippen LogP contribution in [-0.2, 0) is 20.9 Å². The molecular weight excluding hydrogens is 429 g/mol. The zero-order valence-corrected chi connectivity index (χ0v) is 15.6. The van der Waals surface area contributed by atoms with Crippen molar-refractivity contribution in [2.45, 2.75) is 18.4 Å². The molecule has 2 aliphatic rings. The van der Waals surface area contributed by atoms with Crippen molar-refractivity contribution >= 4 is 46.2 Å². The van der Waals surface area contributed by atoms with Gasteiger partial charge in [-0.1, -0.05) is 34.7 Å². The summed E-state index contributed by atoms with van der Waals surface area (Å²) in [5.74, 6) is 1.13. The standard InChI is InChI=1S/C16H16INO4S/c1-21-12-4-2-10(3-5-12)8-22-16(20)15-11(7-17)9-23-14-6-13(19)18(14)15/h2-5,14H,6-9H2,1H3/t14-/m1/s1. The zero-order valence-electron chi connectivity index (χ0n) is 12.6. The fourth-order valence-corrected chi connectivity index (χ4v) is 4.77. The van der Waals surface area contributed by atoms with E-state index in [4.69, 9.17) is 9.47 Å². The minimum atomic E-state index is -0.411. The maximum atomic E-state index is 12.5. The second kappa shape index (κ2) is 7.12. The van der Waals surface area contributed by atoms with E-state index in [1.807, 2.05) is 24.3 Å². The number of β-lactam (4-membered cyclic amide) rings is 1. The number of benzene rings is 1. The van der Waals surface area contributed by atoms with E-state index < -0.39 is 5.97 Å². The summed E-state index contributed by atoms with van der Waals surface area (Å²) < 4.78 is 11.2. The van der Waals surface area contributed by atoms with E-state index in [0.29, 0.717) is 16.5 Å². The van der Waals surface area contributed by atoms with Crippen molar-refractivity contribution in [3.63, 3.8) is 0 Å². The fraction of sp³-hybridized carbons (Fsp3) is 0.375. The first-order valence-electron chi connectivity index (χ1n) is 7.15. The molecule has 5 nitrogen and oxygen atoms in total. The molecule has 1 amide bonds. The molecule has 0 spiro atoms. The number of nitrogens with zero attached hydrogens (tertiary/aromatic N) is 1. The normalized spacial score (nSPS) is 20.0. The SMILES string of the molecule is COc1ccc(COC(=O)C2=C(CI)CS[C@@H]3CC(=O)N23)cc1. The summed E-state index contributed by atoms with van der Waals surface area (Å²) in [6, 6.07) is 7.36. The van der Waals surface area contributed by atoms with Gasteiger partial charge in [0, 0.05) is 10.2 Å². The van der Waals surface area contributed by atoms with Crippen LogP contribution in [0.5, 0.6) is 5.75 Å². The molecule has 0 unspecified atom stereocenters. The summed E-state index contributed by atoms with van der Waals surface area (Å²) in [5.41, 5.74) is 2.31. The van der Waals surface area contributed by atoms with Crippen LogP contribution in [-0.4, -0.2) is 39.4 Å². The average Bonchev–Trinajstić information content (AvgIpc) is 2.58. The number of ether oxygens (including phenoxy) is 2. The maximum Gasteiger partial charge on any atom is 0.355 e. The van der Waals surface area contributed by atoms with Crippen LogP contribution < -0.4 is 4.74 Å². The van der Waals surface area contributed by atoms with Gasteiger partial charge in [-0.05, 0) is 23.3 Å². The van der Waals surface area contributed by atoms with Gasteiger partial charge >= 0.3 is 5.97 Å². The summed E-state index contributed by atoms with van der Waals surface area (Å²) in [6.45, 7) is 0.181. The van der Waals surface area contributed by atoms with Crippen LogP contribution >= 0.6 is 34.4 Å². The van der Waals surface area contributed by atoms with E-state index in [1.54, 1.807) is 23.8 Å². The van der Waals surface area contributed by atoms with Gasteiger partial charge in [0.1, 0.15) is 18.1 Å². The molecule has 0 aliphatic carbocycles. The van der Waals surface area contributed by atoms with Crippen LogP contribution in [0.4, 0.5) is 0 Å². The van der Waals surface area contributed by atoms with Crippen LogP contribution in [0.1, 0.15) is 12.0 Å². The summed E-state index contributed by atoms with van der Waals surface area (Å²) in [5, 5.41) is 0.0951. The van der Waals surface area contributed by atoms with E-state index in [2.05, 4.69) is 22.6 Å². The second-order valence-electron chi connectivity index (χ2n) is 5.24. The molecule has 122 valence electrons. The van der Waals surface area contributed by atoms with Gasteiger partial charge < -0.3 is 9.47 Å². The lowest BCUT2D eigenvalue weighted by Gasteiger charge is -2.44.